The van der Waals surface area contributed by atoms with E-state index in [4.69, 9.17) is 0 Å². The SMILES string of the molecule is CCOC(=O)c1nsc(Br)c1O. The average molecular weight is 252 g/mol. The summed E-state index contributed by atoms with van der Waals surface area (Å²) in [6.07, 6.45) is 0. The van der Waals surface area contributed by atoms with Crippen LogP contribution in [0.3, 0.4) is 0 Å². The van der Waals surface area contributed by atoms with Gasteiger partial charge in [-0.3, -0.25) is 0 Å². The zero-order valence-corrected chi connectivity index (χ0v) is 8.61. The first kappa shape index (κ1) is 9.47. The van der Waals surface area contributed by atoms with Crippen LogP contribution in [-0.2, 0) is 4.74 Å². The maximum Gasteiger partial charge on any atom is 0.361 e. The Labute approximate surface area is 81.5 Å². The zero-order chi connectivity index (χ0) is 9.14. The summed E-state index contributed by atoms with van der Waals surface area (Å²) in [5.74, 6) is -0.754. The highest BCUT2D eigenvalue weighted by molar-refractivity contribution is 9.11. The summed E-state index contributed by atoms with van der Waals surface area (Å²) in [6.45, 7) is 1.96. The van der Waals surface area contributed by atoms with Crippen LogP contribution < -0.4 is 0 Å². The lowest BCUT2D eigenvalue weighted by molar-refractivity contribution is 0.0517. The van der Waals surface area contributed by atoms with Gasteiger partial charge in [0.2, 0.25) is 5.69 Å². The van der Waals surface area contributed by atoms with Gasteiger partial charge in [0.1, 0.15) is 3.79 Å². The Kier molecular flexibility index (Phi) is 3.05. The predicted molar refractivity (Wildman–Crippen MR) is 47.4 cm³/mol. The lowest BCUT2D eigenvalue weighted by atomic mass is 10.4. The molecule has 0 atom stereocenters. The zero-order valence-electron chi connectivity index (χ0n) is 6.20. The predicted octanol–water partition coefficient (Wildman–Crippen LogP) is 1.79. The van der Waals surface area contributed by atoms with E-state index in [9.17, 15) is 9.90 Å². The molecule has 0 aliphatic heterocycles. The van der Waals surface area contributed by atoms with Crippen molar-refractivity contribution in [1.82, 2.24) is 4.37 Å². The third-order valence-corrected chi connectivity index (χ3v) is 2.53. The molecular weight excluding hydrogens is 246 g/mol. The summed E-state index contributed by atoms with van der Waals surface area (Å²) in [6, 6.07) is 0. The second-order valence-electron chi connectivity index (χ2n) is 1.87. The smallest absolute Gasteiger partial charge is 0.361 e. The van der Waals surface area contributed by atoms with E-state index in [-0.39, 0.29) is 18.1 Å². The van der Waals surface area contributed by atoms with Gasteiger partial charge in [-0.25, -0.2) is 4.79 Å². The van der Waals surface area contributed by atoms with E-state index >= 15 is 0 Å². The standard InChI is InChI=1S/C6H6BrNO3S/c1-2-11-6(10)3-4(9)5(7)12-8-3/h9H,2H2,1H3. The second kappa shape index (κ2) is 3.86. The normalized spacial score (nSPS) is 9.83. The molecule has 0 bridgehead atoms. The second-order valence-corrected chi connectivity index (χ2v) is 3.97. The lowest BCUT2D eigenvalue weighted by Gasteiger charge is -1.97. The summed E-state index contributed by atoms with van der Waals surface area (Å²) in [5, 5.41) is 9.23. The summed E-state index contributed by atoms with van der Waals surface area (Å²) < 4.78 is 8.79. The first-order chi connectivity index (χ1) is 5.66. The van der Waals surface area contributed by atoms with Gasteiger partial charge in [-0.2, -0.15) is 4.37 Å². The number of carbonyl (C=O) groups is 1. The largest absolute Gasteiger partial charge is 0.504 e. The number of halogens is 1. The summed E-state index contributed by atoms with van der Waals surface area (Å²) in [5.41, 5.74) is -0.0336. The van der Waals surface area contributed by atoms with Crippen LogP contribution in [0.4, 0.5) is 0 Å². The van der Waals surface area contributed by atoms with E-state index in [1.165, 1.54) is 0 Å². The number of hydrogen-bond donors (Lipinski definition) is 1. The van der Waals surface area contributed by atoms with Crippen molar-refractivity contribution < 1.29 is 14.6 Å². The monoisotopic (exact) mass is 251 g/mol. The molecule has 1 aromatic heterocycles. The highest BCUT2D eigenvalue weighted by Crippen LogP contribution is 2.31. The van der Waals surface area contributed by atoms with Crippen molar-refractivity contribution in [3.63, 3.8) is 0 Å². The Morgan fingerprint density at radius 1 is 1.83 bits per heavy atom. The van der Waals surface area contributed by atoms with Crippen LogP contribution in [0.1, 0.15) is 17.4 Å². The maximum absolute atomic E-state index is 11.0. The molecule has 0 radical (unpaired) electrons. The Morgan fingerprint density at radius 2 is 2.50 bits per heavy atom. The van der Waals surface area contributed by atoms with Gasteiger partial charge >= 0.3 is 5.97 Å². The van der Waals surface area contributed by atoms with Gasteiger partial charge < -0.3 is 9.84 Å². The first-order valence-corrected chi connectivity index (χ1v) is 4.74. The summed E-state index contributed by atoms with van der Waals surface area (Å²) in [4.78, 5) is 11.0. The van der Waals surface area contributed by atoms with Gasteiger partial charge in [-0.15, -0.1) is 0 Å². The molecule has 1 heterocycles. The fourth-order valence-corrected chi connectivity index (χ4v) is 1.52. The topological polar surface area (TPSA) is 59.4 Å². The molecule has 12 heavy (non-hydrogen) atoms. The van der Waals surface area contributed by atoms with Crippen LogP contribution >= 0.6 is 27.5 Å². The Balaban J connectivity index is 2.88. The van der Waals surface area contributed by atoms with E-state index in [0.29, 0.717) is 3.79 Å². The van der Waals surface area contributed by atoms with Crippen LogP contribution in [0.5, 0.6) is 5.75 Å². The molecule has 0 spiro atoms. The summed E-state index contributed by atoms with van der Waals surface area (Å²) in [7, 11) is 0. The third-order valence-electron chi connectivity index (χ3n) is 1.10. The van der Waals surface area contributed by atoms with Crippen LogP contribution in [0.2, 0.25) is 0 Å². The number of esters is 1. The molecule has 0 aliphatic rings. The molecule has 1 aromatic rings. The molecule has 0 fully saturated rings. The minimum atomic E-state index is -0.600. The molecule has 0 amide bonds. The number of ether oxygens (including phenoxy) is 1. The van der Waals surface area contributed by atoms with E-state index in [2.05, 4.69) is 25.0 Å². The van der Waals surface area contributed by atoms with Gasteiger partial charge in [0.15, 0.2) is 5.75 Å². The van der Waals surface area contributed by atoms with Gasteiger partial charge in [0.25, 0.3) is 0 Å². The minimum absolute atomic E-state index is 0.0336. The molecule has 1 rings (SSSR count). The van der Waals surface area contributed by atoms with Crippen molar-refractivity contribution in [3.05, 3.63) is 9.48 Å². The van der Waals surface area contributed by atoms with Crippen molar-refractivity contribution in [2.24, 2.45) is 0 Å². The molecule has 6 heteroatoms. The van der Waals surface area contributed by atoms with E-state index in [0.717, 1.165) is 11.5 Å². The van der Waals surface area contributed by atoms with Gasteiger partial charge in [0, 0.05) is 0 Å². The van der Waals surface area contributed by atoms with Crippen LogP contribution in [0.15, 0.2) is 3.79 Å². The molecule has 1 N–H and O–H groups in total. The molecule has 66 valence electrons. The Bertz CT molecular complexity index is 299. The highest BCUT2D eigenvalue weighted by atomic mass is 79.9. The van der Waals surface area contributed by atoms with Gasteiger partial charge in [-0.05, 0) is 34.4 Å². The third kappa shape index (κ3) is 1.75. The number of aromatic nitrogens is 1. The Morgan fingerprint density at radius 3 is 2.92 bits per heavy atom. The van der Waals surface area contributed by atoms with Crippen molar-refractivity contribution >= 4 is 33.4 Å². The van der Waals surface area contributed by atoms with Gasteiger partial charge in [-0.1, -0.05) is 0 Å². The number of rotatable bonds is 2. The number of hydrogen-bond acceptors (Lipinski definition) is 5. The van der Waals surface area contributed by atoms with E-state index < -0.39 is 5.97 Å². The lowest BCUT2D eigenvalue weighted by Crippen LogP contribution is -2.04. The maximum atomic E-state index is 11.0. The Hall–Kier alpha value is -0.620. The average Bonchev–Trinajstić information content (AvgIpc) is 2.34. The number of nitrogens with zero attached hydrogens (tertiary/aromatic N) is 1. The van der Waals surface area contributed by atoms with Crippen LogP contribution in [0, 0.1) is 0 Å². The molecule has 4 nitrogen and oxygen atoms in total. The van der Waals surface area contributed by atoms with Gasteiger partial charge in [0.05, 0.1) is 6.61 Å². The molecule has 0 saturated carbocycles. The fraction of sp³-hybridized carbons (Fsp3) is 0.333. The fourth-order valence-electron chi connectivity index (χ4n) is 0.599. The molecule has 0 aromatic carbocycles. The van der Waals surface area contributed by atoms with Crippen molar-refractivity contribution in [2.75, 3.05) is 6.61 Å². The minimum Gasteiger partial charge on any atom is -0.504 e. The number of carbonyl (C=O) groups excluding carboxylic acids is 1. The molecule has 0 unspecified atom stereocenters. The van der Waals surface area contributed by atoms with Crippen molar-refractivity contribution in [1.29, 1.82) is 0 Å². The van der Waals surface area contributed by atoms with Crippen molar-refractivity contribution in [2.45, 2.75) is 6.92 Å². The molecule has 0 saturated heterocycles. The van der Waals surface area contributed by atoms with Crippen LogP contribution in [0.25, 0.3) is 0 Å². The highest BCUT2D eigenvalue weighted by Gasteiger charge is 2.18. The van der Waals surface area contributed by atoms with Crippen molar-refractivity contribution in [3.8, 4) is 5.75 Å². The molecule has 0 aliphatic carbocycles. The molecular formula is C6H6BrNO3S. The van der Waals surface area contributed by atoms with E-state index in [1.54, 1.807) is 6.92 Å². The summed E-state index contributed by atoms with van der Waals surface area (Å²) >= 11 is 4.03. The quantitative estimate of drug-likeness (QED) is 0.815. The van der Waals surface area contributed by atoms with Crippen LogP contribution in [-0.4, -0.2) is 22.1 Å². The first-order valence-electron chi connectivity index (χ1n) is 3.18. The number of aromatic hydroxyl groups is 1. The van der Waals surface area contributed by atoms with E-state index in [1.807, 2.05) is 0 Å².